The fourth-order valence-electron chi connectivity index (χ4n) is 0.118. The number of ether oxygens (including phenoxy) is 1. The lowest BCUT2D eigenvalue weighted by Gasteiger charge is -1.86. The molecule has 0 atom stereocenters. The number of hydrogen-bond acceptors (Lipinski definition) is 2. The third-order valence-corrected chi connectivity index (χ3v) is 0.322. The first-order valence-electron chi connectivity index (χ1n) is 1.69. The average Bonchev–Trinajstić information content (AvgIpc) is 1.41. The van der Waals surface area contributed by atoms with Crippen molar-refractivity contribution in [3.63, 3.8) is 0 Å². The molecular weight excluding hydrogens is 82.0 g/mol. The summed E-state index contributed by atoms with van der Waals surface area (Å²) in [4.78, 5) is 0. The summed E-state index contributed by atoms with van der Waals surface area (Å²) in [5.41, 5.74) is 4.92. The summed E-state index contributed by atoms with van der Waals surface area (Å²) in [6.07, 6.45) is 0. The largest absolute Gasteiger partial charge is 0.412 e. The van der Waals surface area contributed by atoms with E-state index in [9.17, 15) is 0 Å². The van der Waals surface area contributed by atoms with Crippen LogP contribution < -0.4 is 5.73 Å². The number of nitrogens with two attached hydrogens (primary N) is 1. The van der Waals surface area contributed by atoms with Gasteiger partial charge in [0.2, 0.25) is 0 Å². The van der Waals surface area contributed by atoms with Crippen LogP contribution >= 0.6 is 0 Å². The third-order valence-electron chi connectivity index (χ3n) is 0.322. The minimum absolute atomic E-state index is 0. The van der Waals surface area contributed by atoms with E-state index < -0.39 is 0 Å². The molecule has 0 radical (unpaired) electrons. The van der Waals surface area contributed by atoms with Crippen molar-refractivity contribution in [3.8, 4) is 0 Å². The summed E-state index contributed by atoms with van der Waals surface area (Å²) < 4.78 is 4.61. The number of hydrogen-bond donors (Lipinski definition) is 1. The van der Waals surface area contributed by atoms with Gasteiger partial charge in [0, 0.05) is 6.61 Å². The summed E-state index contributed by atoms with van der Waals surface area (Å²) in [6, 6.07) is 0. The molecule has 0 saturated heterocycles. The first-order chi connectivity index (χ1) is 2.41. The molecule has 3 heteroatoms. The second-order valence-electron chi connectivity index (χ2n) is 0.659. The SMILES string of the molecule is CCOCN.O. The van der Waals surface area contributed by atoms with Crippen molar-refractivity contribution in [2.24, 2.45) is 5.73 Å². The maximum atomic E-state index is 4.92. The summed E-state index contributed by atoms with van der Waals surface area (Å²) in [6.45, 7) is 2.97. The quantitative estimate of drug-likeness (QED) is 0.450. The molecule has 40 valence electrons. The third kappa shape index (κ3) is 9.11. The zero-order valence-electron chi connectivity index (χ0n) is 3.90. The smallest absolute Gasteiger partial charge is 0.0940 e. The highest BCUT2D eigenvalue weighted by molar-refractivity contribution is 4.04. The van der Waals surface area contributed by atoms with Crippen LogP contribution in [0.5, 0.6) is 0 Å². The van der Waals surface area contributed by atoms with Gasteiger partial charge in [-0.3, -0.25) is 0 Å². The lowest BCUT2D eigenvalue weighted by atomic mass is 10.9. The molecule has 3 nitrogen and oxygen atoms in total. The van der Waals surface area contributed by atoms with Gasteiger partial charge in [0.25, 0.3) is 0 Å². The molecule has 0 unspecified atom stereocenters. The summed E-state index contributed by atoms with van der Waals surface area (Å²) in [7, 11) is 0. The van der Waals surface area contributed by atoms with E-state index in [1.165, 1.54) is 0 Å². The Labute approximate surface area is 37.4 Å². The lowest BCUT2D eigenvalue weighted by molar-refractivity contribution is 0.155. The Morgan fingerprint density at radius 3 is 2.17 bits per heavy atom. The van der Waals surface area contributed by atoms with Gasteiger partial charge in [-0.2, -0.15) is 0 Å². The predicted octanol–water partition coefficient (Wildman–Crippen LogP) is -0.886. The van der Waals surface area contributed by atoms with Gasteiger partial charge in [0.05, 0.1) is 6.73 Å². The molecule has 4 N–H and O–H groups in total. The van der Waals surface area contributed by atoms with Crippen LogP contribution in [0, 0.1) is 0 Å². The van der Waals surface area contributed by atoms with E-state index in [0.29, 0.717) is 6.73 Å². The molecule has 0 aliphatic rings. The van der Waals surface area contributed by atoms with E-state index in [-0.39, 0.29) is 5.48 Å². The first kappa shape index (κ1) is 9.30. The molecule has 0 saturated carbocycles. The van der Waals surface area contributed by atoms with Gasteiger partial charge in [-0.25, -0.2) is 0 Å². The molecular formula is C3H11NO2. The van der Waals surface area contributed by atoms with Crippen LogP contribution in [0.2, 0.25) is 0 Å². The van der Waals surface area contributed by atoms with Crippen LogP contribution in [-0.2, 0) is 4.74 Å². The van der Waals surface area contributed by atoms with Gasteiger partial charge in [-0.1, -0.05) is 0 Å². The Bertz CT molecular complexity index is 16.3. The first-order valence-corrected chi connectivity index (χ1v) is 1.69. The van der Waals surface area contributed by atoms with Crippen molar-refractivity contribution in [1.82, 2.24) is 0 Å². The minimum Gasteiger partial charge on any atom is -0.412 e. The molecule has 0 aromatic heterocycles. The zero-order chi connectivity index (χ0) is 4.12. The molecule has 0 fully saturated rings. The van der Waals surface area contributed by atoms with Crippen molar-refractivity contribution in [2.75, 3.05) is 13.3 Å². The van der Waals surface area contributed by atoms with Crippen LogP contribution in [0.25, 0.3) is 0 Å². The van der Waals surface area contributed by atoms with E-state index in [2.05, 4.69) is 4.74 Å². The highest BCUT2D eigenvalue weighted by Crippen LogP contribution is 1.58. The van der Waals surface area contributed by atoms with E-state index in [0.717, 1.165) is 6.61 Å². The maximum absolute atomic E-state index is 4.92. The molecule has 0 amide bonds. The monoisotopic (exact) mass is 93.1 g/mol. The Morgan fingerprint density at radius 1 is 1.67 bits per heavy atom. The molecule has 6 heavy (non-hydrogen) atoms. The Kier molecular flexibility index (Phi) is 13.7. The molecule has 0 bridgehead atoms. The second-order valence-corrected chi connectivity index (χ2v) is 0.659. The summed E-state index contributed by atoms with van der Waals surface area (Å²) in [5, 5.41) is 0. The van der Waals surface area contributed by atoms with Gasteiger partial charge in [0.15, 0.2) is 0 Å². The van der Waals surface area contributed by atoms with Gasteiger partial charge >= 0.3 is 0 Å². The standard InChI is InChI=1S/C3H9NO.H2O/c1-2-5-3-4;/h2-4H2,1H3;1H2. The van der Waals surface area contributed by atoms with Crippen LogP contribution in [0.4, 0.5) is 0 Å². The fourth-order valence-corrected chi connectivity index (χ4v) is 0.118. The Morgan fingerprint density at radius 2 is 2.17 bits per heavy atom. The topological polar surface area (TPSA) is 66.8 Å². The zero-order valence-corrected chi connectivity index (χ0v) is 3.90. The molecule has 0 spiro atoms. The average molecular weight is 93.1 g/mol. The normalized spacial score (nSPS) is 7.00. The van der Waals surface area contributed by atoms with Gasteiger partial charge in [-0.15, -0.1) is 0 Å². The highest BCUT2D eigenvalue weighted by Gasteiger charge is 1.63. The fraction of sp³-hybridized carbons (Fsp3) is 1.00. The van der Waals surface area contributed by atoms with Crippen molar-refractivity contribution in [1.29, 1.82) is 0 Å². The highest BCUT2D eigenvalue weighted by atomic mass is 16.5. The van der Waals surface area contributed by atoms with Gasteiger partial charge in [-0.05, 0) is 6.92 Å². The molecule has 0 aliphatic heterocycles. The van der Waals surface area contributed by atoms with Crippen molar-refractivity contribution in [2.45, 2.75) is 6.92 Å². The molecule has 0 aliphatic carbocycles. The van der Waals surface area contributed by atoms with Crippen molar-refractivity contribution < 1.29 is 10.2 Å². The molecule has 0 rings (SSSR count). The second kappa shape index (κ2) is 8.86. The van der Waals surface area contributed by atoms with E-state index in [4.69, 9.17) is 5.73 Å². The van der Waals surface area contributed by atoms with Crippen LogP contribution in [0.3, 0.4) is 0 Å². The lowest BCUT2D eigenvalue weighted by Crippen LogP contribution is -2.02. The van der Waals surface area contributed by atoms with E-state index in [1.807, 2.05) is 6.92 Å². The Balaban J connectivity index is 0. The predicted molar refractivity (Wildman–Crippen MR) is 24.3 cm³/mol. The Hall–Kier alpha value is -0.120. The van der Waals surface area contributed by atoms with Gasteiger partial charge in [0.1, 0.15) is 0 Å². The van der Waals surface area contributed by atoms with E-state index >= 15 is 0 Å². The van der Waals surface area contributed by atoms with Crippen LogP contribution in [0.1, 0.15) is 6.92 Å². The molecule has 0 aromatic rings. The van der Waals surface area contributed by atoms with Crippen molar-refractivity contribution in [3.05, 3.63) is 0 Å². The summed E-state index contributed by atoms with van der Waals surface area (Å²) >= 11 is 0. The van der Waals surface area contributed by atoms with E-state index in [1.54, 1.807) is 0 Å². The minimum atomic E-state index is 0. The maximum Gasteiger partial charge on any atom is 0.0940 e. The molecule has 0 heterocycles. The van der Waals surface area contributed by atoms with Gasteiger partial charge < -0.3 is 15.9 Å². The summed E-state index contributed by atoms with van der Waals surface area (Å²) in [5.74, 6) is 0. The van der Waals surface area contributed by atoms with Crippen LogP contribution in [0.15, 0.2) is 0 Å². The number of rotatable bonds is 2. The van der Waals surface area contributed by atoms with Crippen molar-refractivity contribution >= 4 is 0 Å². The van der Waals surface area contributed by atoms with Crippen LogP contribution in [-0.4, -0.2) is 18.8 Å². The molecule has 0 aromatic carbocycles.